The summed E-state index contributed by atoms with van der Waals surface area (Å²) in [5.74, 6) is 1.73. The third kappa shape index (κ3) is 7.48. The number of nitrogens with one attached hydrogen (secondary N) is 2. The first-order valence-corrected chi connectivity index (χ1v) is 8.61. The summed E-state index contributed by atoms with van der Waals surface area (Å²) in [6.45, 7) is 10.1. The molecule has 0 fully saturated rings. The molecule has 0 saturated heterocycles. The SMILES string of the molecule is C=C(C)CNC(=NCc1ncc(CC)s1)NCCc1ccco1.I. The highest BCUT2D eigenvalue weighted by atomic mass is 127. The molecule has 5 nitrogen and oxygen atoms in total. The lowest BCUT2D eigenvalue weighted by molar-refractivity contribution is 0.507. The van der Waals surface area contributed by atoms with Gasteiger partial charge in [0.05, 0.1) is 12.8 Å². The predicted molar refractivity (Wildman–Crippen MR) is 111 cm³/mol. The Hall–Kier alpha value is -1.35. The Bertz CT molecular complexity index is 637. The minimum atomic E-state index is 0. The van der Waals surface area contributed by atoms with Crippen LogP contribution in [0.2, 0.25) is 0 Å². The van der Waals surface area contributed by atoms with E-state index in [4.69, 9.17) is 4.42 Å². The molecule has 0 aromatic carbocycles. The zero-order valence-corrected chi connectivity index (χ0v) is 17.3. The molecule has 7 heteroatoms. The van der Waals surface area contributed by atoms with Crippen molar-refractivity contribution >= 4 is 41.3 Å². The van der Waals surface area contributed by atoms with Crippen LogP contribution in [0.3, 0.4) is 0 Å². The van der Waals surface area contributed by atoms with Crippen molar-refractivity contribution in [2.24, 2.45) is 4.99 Å². The maximum Gasteiger partial charge on any atom is 0.191 e. The van der Waals surface area contributed by atoms with E-state index >= 15 is 0 Å². The number of furan rings is 1. The fourth-order valence-corrected chi connectivity index (χ4v) is 2.69. The fraction of sp³-hybridized carbons (Fsp3) is 0.412. The number of nitrogens with zero attached hydrogens (tertiary/aromatic N) is 2. The Kier molecular flexibility index (Phi) is 9.70. The van der Waals surface area contributed by atoms with Crippen molar-refractivity contribution in [1.82, 2.24) is 15.6 Å². The molecule has 132 valence electrons. The number of halogens is 1. The van der Waals surface area contributed by atoms with Crippen LogP contribution in [0.25, 0.3) is 0 Å². The second kappa shape index (κ2) is 11.2. The Morgan fingerprint density at radius 3 is 2.88 bits per heavy atom. The van der Waals surface area contributed by atoms with Crippen LogP contribution in [0.15, 0.2) is 46.2 Å². The maximum atomic E-state index is 5.34. The van der Waals surface area contributed by atoms with Gasteiger partial charge in [-0.25, -0.2) is 9.98 Å². The molecule has 2 heterocycles. The molecule has 2 rings (SSSR count). The molecule has 0 saturated carbocycles. The molecular formula is C17H25IN4OS. The topological polar surface area (TPSA) is 62.5 Å². The molecule has 2 aromatic heterocycles. The highest BCUT2D eigenvalue weighted by Gasteiger charge is 2.03. The smallest absolute Gasteiger partial charge is 0.191 e. The van der Waals surface area contributed by atoms with E-state index in [1.54, 1.807) is 17.6 Å². The number of aromatic nitrogens is 1. The van der Waals surface area contributed by atoms with Gasteiger partial charge in [0.1, 0.15) is 10.8 Å². The second-order valence-electron chi connectivity index (χ2n) is 5.31. The summed E-state index contributed by atoms with van der Waals surface area (Å²) in [6.07, 6.45) is 5.46. The summed E-state index contributed by atoms with van der Waals surface area (Å²) in [6, 6.07) is 3.87. The van der Waals surface area contributed by atoms with Gasteiger partial charge in [0.25, 0.3) is 0 Å². The number of aliphatic imine (C=N–C) groups is 1. The van der Waals surface area contributed by atoms with E-state index in [0.717, 1.165) is 41.7 Å². The van der Waals surface area contributed by atoms with Crippen LogP contribution in [-0.4, -0.2) is 24.0 Å². The van der Waals surface area contributed by atoms with Gasteiger partial charge < -0.3 is 15.1 Å². The minimum absolute atomic E-state index is 0. The van der Waals surface area contributed by atoms with Crippen LogP contribution in [0.5, 0.6) is 0 Å². The van der Waals surface area contributed by atoms with Gasteiger partial charge in [0, 0.05) is 30.6 Å². The monoisotopic (exact) mass is 460 g/mol. The van der Waals surface area contributed by atoms with Gasteiger partial charge >= 0.3 is 0 Å². The third-order valence-electron chi connectivity index (χ3n) is 3.12. The van der Waals surface area contributed by atoms with E-state index in [-0.39, 0.29) is 24.0 Å². The Morgan fingerprint density at radius 2 is 2.25 bits per heavy atom. The van der Waals surface area contributed by atoms with E-state index in [2.05, 4.69) is 34.1 Å². The van der Waals surface area contributed by atoms with Crippen molar-refractivity contribution in [3.05, 3.63) is 52.4 Å². The number of hydrogen-bond donors (Lipinski definition) is 2. The fourth-order valence-electron chi connectivity index (χ4n) is 1.90. The predicted octanol–water partition coefficient (Wildman–Crippen LogP) is 3.77. The number of rotatable bonds is 8. The van der Waals surface area contributed by atoms with Gasteiger partial charge in [-0.2, -0.15) is 0 Å². The van der Waals surface area contributed by atoms with E-state index < -0.39 is 0 Å². The van der Waals surface area contributed by atoms with Crippen molar-refractivity contribution < 1.29 is 4.42 Å². The van der Waals surface area contributed by atoms with Crippen LogP contribution < -0.4 is 10.6 Å². The van der Waals surface area contributed by atoms with Gasteiger partial charge in [-0.05, 0) is 25.5 Å². The normalized spacial score (nSPS) is 11.0. The number of aryl methyl sites for hydroxylation is 1. The van der Waals surface area contributed by atoms with Crippen LogP contribution in [0.4, 0.5) is 0 Å². The van der Waals surface area contributed by atoms with Crippen molar-refractivity contribution in [3.8, 4) is 0 Å². The quantitative estimate of drug-likeness (QED) is 0.273. The molecule has 0 unspecified atom stereocenters. The summed E-state index contributed by atoms with van der Waals surface area (Å²) < 4.78 is 5.34. The zero-order valence-electron chi connectivity index (χ0n) is 14.2. The van der Waals surface area contributed by atoms with Crippen molar-refractivity contribution in [2.45, 2.75) is 33.2 Å². The lowest BCUT2D eigenvalue weighted by atomic mass is 10.3. The first-order chi connectivity index (χ1) is 11.2. The van der Waals surface area contributed by atoms with Crippen molar-refractivity contribution in [2.75, 3.05) is 13.1 Å². The minimum Gasteiger partial charge on any atom is -0.469 e. The number of hydrogen-bond acceptors (Lipinski definition) is 4. The van der Waals surface area contributed by atoms with Gasteiger partial charge in [0.2, 0.25) is 0 Å². The molecule has 24 heavy (non-hydrogen) atoms. The van der Waals surface area contributed by atoms with Gasteiger partial charge in [-0.15, -0.1) is 35.3 Å². The summed E-state index contributed by atoms with van der Waals surface area (Å²) >= 11 is 1.71. The molecule has 0 aliphatic rings. The van der Waals surface area contributed by atoms with E-state index in [0.29, 0.717) is 13.1 Å². The Balaban J connectivity index is 0.00000288. The first-order valence-electron chi connectivity index (χ1n) is 7.80. The van der Waals surface area contributed by atoms with Gasteiger partial charge in [-0.3, -0.25) is 0 Å². The average molecular weight is 460 g/mol. The lowest BCUT2D eigenvalue weighted by Gasteiger charge is -2.11. The molecule has 0 spiro atoms. The third-order valence-corrected chi connectivity index (χ3v) is 4.25. The molecule has 2 N–H and O–H groups in total. The molecule has 0 aliphatic heterocycles. The van der Waals surface area contributed by atoms with Crippen molar-refractivity contribution in [1.29, 1.82) is 0 Å². The highest BCUT2D eigenvalue weighted by Crippen LogP contribution is 2.13. The molecule has 0 atom stereocenters. The maximum absolute atomic E-state index is 5.34. The summed E-state index contributed by atoms with van der Waals surface area (Å²) in [5, 5.41) is 7.63. The molecular weight excluding hydrogens is 435 g/mol. The first kappa shape index (κ1) is 20.7. The number of thiazole rings is 1. The molecule has 2 aromatic rings. The number of guanidine groups is 1. The van der Waals surface area contributed by atoms with Crippen LogP contribution in [0, 0.1) is 0 Å². The van der Waals surface area contributed by atoms with Crippen LogP contribution >= 0.6 is 35.3 Å². The van der Waals surface area contributed by atoms with E-state index in [1.807, 2.05) is 25.3 Å². The summed E-state index contributed by atoms with van der Waals surface area (Å²) in [4.78, 5) is 10.3. The van der Waals surface area contributed by atoms with E-state index in [1.165, 1.54) is 4.88 Å². The largest absolute Gasteiger partial charge is 0.469 e. The molecule has 0 radical (unpaired) electrons. The van der Waals surface area contributed by atoms with Crippen LogP contribution in [0.1, 0.15) is 29.5 Å². The van der Waals surface area contributed by atoms with Crippen LogP contribution in [-0.2, 0) is 19.4 Å². The standard InChI is InChI=1S/C17H24N4OS.HI/c1-4-15-11-19-16(23-15)12-21-17(20-10-13(2)3)18-8-7-14-6-5-9-22-14;/h5-6,9,11H,2,4,7-8,10,12H2,1,3H3,(H2,18,20,21);1H. The Labute approximate surface area is 164 Å². The zero-order chi connectivity index (χ0) is 16.5. The average Bonchev–Trinajstić information content (AvgIpc) is 3.20. The van der Waals surface area contributed by atoms with Crippen molar-refractivity contribution in [3.63, 3.8) is 0 Å². The molecule has 0 bridgehead atoms. The second-order valence-corrected chi connectivity index (χ2v) is 6.51. The summed E-state index contributed by atoms with van der Waals surface area (Å²) in [5.41, 5.74) is 1.06. The van der Waals surface area contributed by atoms with E-state index in [9.17, 15) is 0 Å². The summed E-state index contributed by atoms with van der Waals surface area (Å²) in [7, 11) is 0. The molecule has 0 amide bonds. The Morgan fingerprint density at radius 1 is 1.42 bits per heavy atom. The molecule has 0 aliphatic carbocycles. The lowest BCUT2D eigenvalue weighted by Crippen LogP contribution is -2.39. The van der Waals surface area contributed by atoms with Gasteiger partial charge in [0.15, 0.2) is 5.96 Å². The van der Waals surface area contributed by atoms with Gasteiger partial charge in [-0.1, -0.05) is 19.1 Å². The highest BCUT2D eigenvalue weighted by molar-refractivity contribution is 14.0.